The van der Waals surface area contributed by atoms with Gasteiger partial charge in [-0.15, -0.1) is 0 Å². The van der Waals surface area contributed by atoms with Gasteiger partial charge in [0.05, 0.1) is 23.5 Å². The van der Waals surface area contributed by atoms with Crippen LogP contribution in [-0.2, 0) is 0 Å². The third-order valence-corrected chi connectivity index (χ3v) is 2.61. The maximum Gasteiger partial charge on any atom is 0.0853 e. The molecule has 1 aliphatic rings. The molecule has 0 fully saturated rings. The summed E-state index contributed by atoms with van der Waals surface area (Å²) in [5.74, 6) is -0.212. The van der Waals surface area contributed by atoms with E-state index in [4.69, 9.17) is 10.5 Å². The first kappa shape index (κ1) is 8.81. The molecule has 1 rings (SSSR count). The first-order valence-corrected chi connectivity index (χ1v) is 4.11. The van der Waals surface area contributed by atoms with Crippen molar-refractivity contribution in [2.75, 3.05) is 0 Å². The third kappa shape index (κ3) is 1.21. The summed E-state index contributed by atoms with van der Waals surface area (Å²) in [7, 11) is 0. The lowest BCUT2D eigenvalue weighted by molar-refractivity contribution is 0.322. The van der Waals surface area contributed by atoms with Gasteiger partial charge in [0.2, 0.25) is 0 Å². The van der Waals surface area contributed by atoms with E-state index in [1.165, 1.54) is 0 Å². The summed E-state index contributed by atoms with van der Waals surface area (Å²) in [6.07, 6.45) is 3.79. The second kappa shape index (κ2) is 2.99. The summed E-state index contributed by atoms with van der Waals surface area (Å²) in [6, 6.07) is 4.45. The lowest BCUT2D eigenvalue weighted by atomic mass is 9.69. The summed E-state index contributed by atoms with van der Waals surface area (Å²) in [5, 5.41) is 17.8. The fourth-order valence-electron chi connectivity index (χ4n) is 1.73. The molecule has 0 bridgehead atoms. The minimum Gasteiger partial charge on any atom is -0.198 e. The Kier molecular flexibility index (Phi) is 2.20. The summed E-state index contributed by atoms with van der Waals surface area (Å²) < 4.78 is 0. The van der Waals surface area contributed by atoms with Crippen molar-refractivity contribution < 1.29 is 0 Å². The van der Waals surface area contributed by atoms with Gasteiger partial charge in [-0.05, 0) is 26.7 Å². The molecule has 0 heterocycles. The van der Waals surface area contributed by atoms with Crippen LogP contribution in [-0.4, -0.2) is 0 Å². The number of hydrogen-bond donors (Lipinski definition) is 0. The Balaban J connectivity index is 3.03. The van der Waals surface area contributed by atoms with E-state index in [0.29, 0.717) is 0 Å². The van der Waals surface area contributed by atoms with Crippen LogP contribution in [0.5, 0.6) is 0 Å². The van der Waals surface area contributed by atoms with E-state index in [1.807, 2.05) is 13.8 Å². The van der Waals surface area contributed by atoms with Crippen molar-refractivity contribution in [1.29, 1.82) is 10.5 Å². The Morgan fingerprint density at radius 3 is 2.67 bits per heavy atom. The van der Waals surface area contributed by atoms with Gasteiger partial charge < -0.3 is 0 Å². The number of nitrogens with zero attached hydrogens (tertiary/aromatic N) is 2. The van der Waals surface area contributed by atoms with Gasteiger partial charge in [0.25, 0.3) is 0 Å². The van der Waals surface area contributed by atoms with Crippen LogP contribution in [0.2, 0.25) is 0 Å². The van der Waals surface area contributed by atoms with Crippen molar-refractivity contribution in [1.82, 2.24) is 0 Å². The van der Waals surface area contributed by atoms with Crippen molar-refractivity contribution in [3.05, 3.63) is 11.6 Å². The van der Waals surface area contributed by atoms with E-state index in [-0.39, 0.29) is 5.92 Å². The van der Waals surface area contributed by atoms with Gasteiger partial charge in [0.1, 0.15) is 0 Å². The van der Waals surface area contributed by atoms with Crippen LogP contribution in [0.15, 0.2) is 11.6 Å². The van der Waals surface area contributed by atoms with Gasteiger partial charge >= 0.3 is 0 Å². The highest BCUT2D eigenvalue weighted by atomic mass is 14.4. The summed E-state index contributed by atoms with van der Waals surface area (Å²) in [4.78, 5) is 0. The van der Waals surface area contributed by atoms with Gasteiger partial charge in [-0.1, -0.05) is 11.6 Å². The lowest BCUT2D eigenvalue weighted by Gasteiger charge is -2.30. The zero-order valence-electron chi connectivity index (χ0n) is 7.46. The second-order valence-corrected chi connectivity index (χ2v) is 3.58. The summed E-state index contributed by atoms with van der Waals surface area (Å²) in [6.45, 7) is 3.81. The molecule has 0 radical (unpaired) electrons. The van der Waals surface area contributed by atoms with Gasteiger partial charge in [-0.2, -0.15) is 10.5 Å². The number of rotatable bonds is 0. The predicted molar refractivity (Wildman–Crippen MR) is 45.8 cm³/mol. The smallest absolute Gasteiger partial charge is 0.0853 e. The van der Waals surface area contributed by atoms with Gasteiger partial charge in [0.15, 0.2) is 0 Å². The van der Waals surface area contributed by atoms with Crippen molar-refractivity contribution in [2.45, 2.75) is 26.7 Å². The van der Waals surface area contributed by atoms with Crippen molar-refractivity contribution >= 4 is 0 Å². The molecule has 1 aliphatic carbocycles. The molecule has 0 aromatic carbocycles. The zero-order chi connectivity index (χ0) is 9.19. The maximum atomic E-state index is 8.94. The number of allylic oxidation sites excluding steroid dienone is 2. The number of nitriles is 2. The topological polar surface area (TPSA) is 47.6 Å². The van der Waals surface area contributed by atoms with E-state index in [2.05, 4.69) is 18.2 Å². The molecule has 0 aromatic heterocycles. The zero-order valence-corrected chi connectivity index (χ0v) is 7.46. The molecule has 2 nitrogen and oxygen atoms in total. The molecule has 12 heavy (non-hydrogen) atoms. The van der Waals surface area contributed by atoms with Crippen LogP contribution in [0.1, 0.15) is 26.7 Å². The normalized spacial score (nSPS) is 34.7. The molecule has 0 spiro atoms. The molecule has 0 aromatic rings. The Morgan fingerprint density at radius 1 is 1.58 bits per heavy atom. The quantitative estimate of drug-likeness (QED) is 0.511. The van der Waals surface area contributed by atoms with E-state index in [1.54, 1.807) is 0 Å². The minimum atomic E-state index is -0.465. The van der Waals surface area contributed by atoms with Gasteiger partial charge in [-0.3, -0.25) is 0 Å². The average molecular weight is 160 g/mol. The van der Waals surface area contributed by atoms with Crippen LogP contribution in [0, 0.1) is 34.0 Å². The van der Waals surface area contributed by atoms with E-state index < -0.39 is 5.41 Å². The van der Waals surface area contributed by atoms with Crippen LogP contribution >= 0.6 is 0 Å². The van der Waals surface area contributed by atoms with E-state index in [0.717, 1.165) is 18.4 Å². The molecule has 0 unspecified atom stereocenters. The van der Waals surface area contributed by atoms with Crippen molar-refractivity contribution in [3.63, 3.8) is 0 Å². The third-order valence-electron chi connectivity index (χ3n) is 2.61. The van der Waals surface area contributed by atoms with Gasteiger partial charge in [-0.25, -0.2) is 0 Å². The molecule has 0 amide bonds. The first-order chi connectivity index (χ1) is 5.64. The Labute approximate surface area is 73.1 Å². The van der Waals surface area contributed by atoms with Crippen LogP contribution in [0.25, 0.3) is 0 Å². The van der Waals surface area contributed by atoms with Gasteiger partial charge in [0, 0.05) is 0 Å². The average Bonchev–Trinajstić information content (AvgIpc) is 2.05. The van der Waals surface area contributed by atoms with Crippen LogP contribution in [0.4, 0.5) is 0 Å². The second-order valence-electron chi connectivity index (χ2n) is 3.58. The lowest BCUT2D eigenvalue weighted by Crippen LogP contribution is -2.28. The molecular weight excluding hydrogens is 148 g/mol. The molecule has 0 aliphatic heterocycles. The minimum absolute atomic E-state index is 0.212. The van der Waals surface area contributed by atoms with E-state index >= 15 is 0 Å². The highest BCUT2D eigenvalue weighted by Crippen LogP contribution is 2.40. The maximum absolute atomic E-state index is 8.94. The monoisotopic (exact) mass is 160 g/mol. The Bertz CT molecular complexity index is 290. The van der Waals surface area contributed by atoms with Crippen molar-refractivity contribution in [2.24, 2.45) is 11.3 Å². The number of hydrogen-bond acceptors (Lipinski definition) is 2. The first-order valence-electron chi connectivity index (χ1n) is 4.11. The largest absolute Gasteiger partial charge is 0.198 e. The summed E-state index contributed by atoms with van der Waals surface area (Å²) in [5.41, 5.74) is 0.584. The molecule has 0 saturated carbocycles. The molecule has 2 atom stereocenters. The molecule has 2 heteroatoms. The summed E-state index contributed by atoms with van der Waals surface area (Å²) >= 11 is 0. The predicted octanol–water partition coefficient (Wildman–Crippen LogP) is 2.40. The van der Waals surface area contributed by atoms with Crippen molar-refractivity contribution in [3.8, 4) is 12.1 Å². The molecular formula is C10H12N2. The highest BCUT2D eigenvalue weighted by Gasteiger charge is 2.37. The molecule has 0 N–H and O–H groups in total. The SMILES string of the molecule is CC1=CCC[C@@](C)(C#N)[C@H]1C#N. The van der Waals surface area contributed by atoms with Crippen LogP contribution in [0.3, 0.4) is 0 Å². The highest BCUT2D eigenvalue weighted by molar-refractivity contribution is 5.24. The molecule has 0 saturated heterocycles. The Hall–Kier alpha value is -1.28. The molecule has 62 valence electrons. The fraction of sp³-hybridized carbons (Fsp3) is 0.600. The van der Waals surface area contributed by atoms with Crippen LogP contribution < -0.4 is 0 Å². The Morgan fingerprint density at radius 2 is 2.25 bits per heavy atom. The standard InChI is InChI=1S/C10H12N2/c1-8-4-3-5-10(2,7-12)9(8)6-11/h4,9H,3,5H2,1-2H3/t9-,10-/m0/s1. The van der Waals surface area contributed by atoms with E-state index in [9.17, 15) is 0 Å². The fourth-order valence-corrected chi connectivity index (χ4v) is 1.73.